The standard InChI is InChI=1S/C25H33N2O11P/c1-15(24(31)35-14-17-7-5-4-6-8-17)27-39(33,37-19-11-9-18(34-3)10-12-19)38-23-20(13-28)36-25(32)21(22(23)30)26-16(2)29/h4-12,15,20-23,25,28,30,32H,13-14H2,1-3H3,(H,26,29)(H,27,33)/t15?,20-,21-,22-,23-,25+,39?/m1/s1. The average Bonchev–Trinajstić information content (AvgIpc) is 2.91. The third-order valence-corrected chi connectivity index (χ3v) is 7.39. The van der Waals surface area contributed by atoms with Crippen molar-refractivity contribution in [2.45, 2.75) is 57.1 Å². The van der Waals surface area contributed by atoms with E-state index in [1.807, 2.05) is 6.07 Å². The first-order chi connectivity index (χ1) is 18.5. The number of rotatable bonds is 12. The highest BCUT2D eigenvalue weighted by Crippen LogP contribution is 2.48. The predicted molar refractivity (Wildman–Crippen MR) is 137 cm³/mol. The molecule has 5 N–H and O–H groups in total. The largest absolute Gasteiger partial charge is 0.497 e. The zero-order valence-corrected chi connectivity index (χ0v) is 22.5. The number of carbonyl (C=O) groups is 2. The lowest BCUT2D eigenvalue weighted by Crippen LogP contribution is -2.64. The number of hydrogen-bond donors (Lipinski definition) is 5. The summed E-state index contributed by atoms with van der Waals surface area (Å²) in [6.45, 7) is 1.76. The fourth-order valence-corrected chi connectivity index (χ4v) is 5.48. The van der Waals surface area contributed by atoms with E-state index in [0.29, 0.717) is 5.75 Å². The molecule has 3 rings (SSSR count). The second-order valence-corrected chi connectivity index (χ2v) is 10.4. The predicted octanol–water partition coefficient (Wildman–Crippen LogP) is 0.864. The van der Waals surface area contributed by atoms with Gasteiger partial charge in [0.1, 0.15) is 48.5 Å². The first-order valence-electron chi connectivity index (χ1n) is 12.0. The lowest BCUT2D eigenvalue weighted by Gasteiger charge is -2.42. The van der Waals surface area contributed by atoms with Crippen molar-refractivity contribution >= 4 is 19.6 Å². The Bertz CT molecular complexity index is 1130. The van der Waals surface area contributed by atoms with E-state index in [-0.39, 0.29) is 12.4 Å². The molecule has 13 nitrogen and oxygen atoms in total. The van der Waals surface area contributed by atoms with Crippen molar-refractivity contribution in [3.8, 4) is 11.5 Å². The van der Waals surface area contributed by atoms with Gasteiger partial charge < -0.3 is 39.4 Å². The number of methoxy groups -OCH3 is 1. The molecule has 0 saturated carbocycles. The van der Waals surface area contributed by atoms with E-state index in [1.54, 1.807) is 24.3 Å². The number of carbonyl (C=O) groups excluding carboxylic acids is 2. The molecule has 1 aliphatic heterocycles. The molecule has 1 heterocycles. The van der Waals surface area contributed by atoms with Gasteiger partial charge in [-0.25, -0.2) is 4.57 Å². The molecule has 1 aliphatic rings. The fraction of sp³-hybridized carbons (Fsp3) is 0.440. The molecule has 0 bridgehead atoms. The van der Waals surface area contributed by atoms with E-state index < -0.39 is 62.9 Å². The van der Waals surface area contributed by atoms with Gasteiger partial charge in [0.2, 0.25) is 5.91 Å². The molecule has 2 aromatic rings. The Morgan fingerprint density at radius 3 is 2.31 bits per heavy atom. The van der Waals surface area contributed by atoms with Crippen LogP contribution in [0.25, 0.3) is 0 Å². The lowest BCUT2D eigenvalue weighted by molar-refractivity contribution is -0.249. The van der Waals surface area contributed by atoms with Crippen LogP contribution in [-0.4, -0.2) is 77.6 Å². The molecule has 1 fully saturated rings. The summed E-state index contributed by atoms with van der Waals surface area (Å²) >= 11 is 0. The molecule has 214 valence electrons. The van der Waals surface area contributed by atoms with Crippen LogP contribution in [0.5, 0.6) is 11.5 Å². The fourth-order valence-electron chi connectivity index (χ4n) is 3.76. The van der Waals surface area contributed by atoms with Crippen LogP contribution >= 0.6 is 7.75 Å². The number of nitrogens with one attached hydrogen (secondary N) is 2. The van der Waals surface area contributed by atoms with Gasteiger partial charge in [0, 0.05) is 6.92 Å². The third kappa shape index (κ3) is 8.48. The Hall–Kier alpha value is -3.03. The number of amides is 1. The summed E-state index contributed by atoms with van der Waals surface area (Å²) in [6.07, 6.45) is -6.32. The molecule has 14 heteroatoms. The smallest absolute Gasteiger partial charge is 0.459 e. The maximum atomic E-state index is 14.0. The normalized spacial score (nSPS) is 25.1. The van der Waals surface area contributed by atoms with Gasteiger partial charge in [0.05, 0.1) is 13.7 Å². The Labute approximate surface area is 225 Å². The van der Waals surface area contributed by atoms with Crippen LogP contribution in [-0.2, 0) is 34.8 Å². The molecule has 7 atom stereocenters. The van der Waals surface area contributed by atoms with Crippen LogP contribution in [0.15, 0.2) is 54.6 Å². The number of aliphatic hydroxyl groups excluding tert-OH is 3. The number of ether oxygens (including phenoxy) is 3. The molecule has 39 heavy (non-hydrogen) atoms. The quantitative estimate of drug-likeness (QED) is 0.180. The van der Waals surface area contributed by atoms with Crippen LogP contribution in [0.4, 0.5) is 0 Å². The molecular weight excluding hydrogens is 535 g/mol. The maximum absolute atomic E-state index is 14.0. The summed E-state index contributed by atoms with van der Waals surface area (Å²) in [7, 11) is -3.08. The summed E-state index contributed by atoms with van der Waals surface area (Å²) in [5.41, 5.74) is 0.739. The summed E-state index contributed by atoms with van der Waals surface area (Å²) in [5, 5.41) is 35.7. The van der Waals surface area contributed by atoms with Gasteiger partial charge in [-0.1, -0.05) is 30.3 Å². The minimum Gasteiger partial charge on any atom is -0.497 e. The second-order valence-electron chi connectivity index (χ2n) is 8.74. The van der Waals surface area contributed by atoms with Crippen LogP contribution in [0.2, 0.25) is 0 Å². The minimum atomic E-state index is -4.54. The monoisotopic (exact) mass is 568 g/mol. The Kier molecular flexibility index (Phi) is 10.8. The Morgan fingerprint density at radius 1 is 1.08 bits per heavy atom. The molecule has 0 aliphatic carbocycles. The summed E-state index contributed by atoms with van der Waals surface area (Å²) in [5.74, 6) is -0.811. The summed E-state index contributed by atoms with van der Waals surface area (Å²) in [4.78, 5) is 24.3. The van der Waals surface area contributed by atoms with E-state index >= 15 is 0 Å². The zero-order chi connectivity index (χ0) is 28.6. The first kappa shape index (κ1) is 30.5. The van der Waals surface area contributed by atoms with Crippen molar-refractivity contribution in [1.29, 1.82) is 0 Å². The molecule has 0 spiro atoms. The first-order valence-corrected chi connectivity index (χ1v) is 13.6. The molecular formula is C25H33N2O11P. The number of benzene rings is 2. The number of hydrogen-bond acceptors (Lipinski definition) is 11. The van der Waals surface area contributed by atoms with E-state index in [0.717, 1.165) is 12.5 Å². The van der Waals surface area contributed by atoms with Crippen molar-refractivity contribution in [3.63, 3.8) is 0 Å². The van der Waals surface area contributed by atoms with Crippen LogP contribution < -0.4 is 19.7 Å². The SMILES string of the molecule is COc1ccc(OP(=O)(NC(C)C(=O)OCc2ccccc2)O[C@H]2[C@H](O)[C@@H](NC(C)=O)[C@@H](O)O[C@@H]2CO)cc1. The lowest BCUT2D eigenvalue weighted by atomic mass is 9.97. The van der Waals surface area contributed by atoms with E-state index in [4.69, 9.17) is 23.3 Å². The van der Waals surface area contributed by atoms with E-state index in [1.165, 1.54) is 38.3 Å². The van der Waals surface area contributed by atoms with E-state index in [9.17, 15) is 29.5 Å². The van der Waals surface area contributed by atoms with Gasteiger partial charge in [-0.05, 0) is 36.8 Å². The summed E-state index contributed by atoms with van der Waals surface area (Å²) in [6, 6.07) is 12.3. The highest BCUT2D eigenvalue weighted by molar-refractivity contribution is 7.52. The Morgan fingerprint density at radius 2 is 1.72 bits per heavy atom. The zero-order valence-electron chi connectivity index (χ0n) is 21.6. The maximum Gasteiger partial charge on any atom is 0.459 e. The molecule has 2 aromatic carbocycles. The van der Waals surface area contributed by atoms with Gasteiger partial charge in [-0.2, -0.15) is 5.09 Å². The van der Waals surface area contributed by atoms with Crippen molar-refractivity contribution < 1.29 is 52.7 Å². The number of aliphatic hydroxyl groups is 3. The van der Waals surface area contributed by atoms with Crippen molar-refractivity contribution in [3.05, 3.63) is 60.2 Å². The van der Waals surface area contributed by atoms with Gasteiger partial charge in [-0.3, -0.25) is 14.1 Å². The topological polar surface area (TPSA) is 182 Å². The van der Waals surface area contributed by atoms with Crippen LogP contribution in [0.3, 0.4) is 0 Å². The summed E-state index contributed by atoms with van der Waals surface area (Å²) < 4.78 is 41.0. The third-order valence-electron chi connectivity index (χ3n) is 5.72. The van der Waals surface area contributed by atoms with Gasteiger partial charge in [-0.15, -0.1) is 0 Å². The van der Waals surface area contributed by atoms with Crippen LogP contribution in [0.1, 0.15) is 19.4 Å². The van der Waals surface area contributed by atoms with Gasteiger partial charge in [0.25, 0.3) is 0 Å². The Balaban J connectivity index is 1.83. The van der Waals surface area contributed by atoms with Crippen molar-refractivity contribution in [2.75, 3.05) is 13.7 Å². The molecule has 0 aromatic heterocycles. The van der Waals surface area contributed by atoms with Gasteiger partial charge >= 0.3 is 13.7 Å². The molecule has 2 unspecified atom stereocenters. The van der Waals surface area contributed by atoms with E-state index in [2.05, 4.69) is 10.4 Å². The molecule has 0 radical (unpaired) electrons. The molecule has 1 saturated heterocycles. The van der Waals surface area contributed by atoms with Crippen LogP contribution in [0, 0.1) is 0 Å². The minimum absolute atomic E-state index is 0.0335. The second kappa shape index (κ2) is 13.9. The van der Waals surface area contributed by atoms with Crippen molar-refractivity contribution in [1.82, 2.24) is 10.4 Å². The molecule has 1 amide bonds. The van der Waals surface area contributed by atoms with Gasteiger partial charge in [0.15, 0.2) is 6.29 Å². The van der Waals surface area contributed by atoms with Crippen molar-refractivity contribution in [2.24, 2.45) is 0 Å². The highest BCUT2D eigenvalue weighted by Gasteiger charge is 2.49. The number of esters is 1. The average molecular weight is 569 g/mol. The highest BCUT2D eigenvalue weighted by atomic mass is 31.2.